The normalized spacial score (nSPS) is 24.5. The molecule has 1 aromatic heterocycles. The van der Waals surface area contributed by atoms with Crippen molar-refractivity contribution in [3.8, 4) is 6.07 Å². The van der Waals surface area contributed by atoms with E-state index in [1.54, 1.807) is 12.1 Å². The van der Waals surface area contributed by atoms with Gasteiger partial charge in [0.15, 0.2) is 0 Å². The van der Waals surface area contributed by atoms with Gasteiger partial charge >= 0.3 is 0 Å². The van der Waals surface area contributed by atoms with E-state index in [0.717, 1.165) is 25.1 Å². The van der Waals surface area contributed by atoms with Crippen LogP contribution < -0.4 is 5.32 Å². The number of aliphatic hydroxyl groups excluding tert-OH is 1. The maximum absolute atomic E-state index is 9.09. The SMILES string of the molecule is N#Cc1ccc(CNCC2CC(O)C2)o1. The molecule has 0 radical (unpaired) electrons. The Morgan fingerprint density at radius 2 is 2.33 bits per heavy atom. The lowest BCUT2D eigenvalue weighted by atomic mass is 9.82. The number of hydrogen-bond donors (Lipinski definition) is 2. The zero-order chi connectivity index (χ0) is 10.7. The van der Waals surface area contributed by atoms with Crippen LogP contribution in [0.25, 0.3) is 0 Å². The number of nitrogens with zero attached hydrogens (tertiary/aromatic N) is 1. The van der Waals surface area contributed by atoms with E-state index in [-0.39, 0.29) is 6.10 Å². The molecule has 1 aliphatic rings. The first-order chi connectivity index (χ1) is 7.28. The molecule has 0 bridgehead atoms. The summed E-state index contributed by atoms with van der Waals surface area (Å²) in [6.45, 7) is 1.55. The van der Waals surface area contributed by atoms with Crippen LogP contribution in [0, 0.1) is 17.2 Å². The second-order valence-electron chi connectivity index (χ2n) is 4.00. The summed E-state index contributed by atoms with van der Waals surface area (Å²) in [5.41, 5.74) is 0. The van der Waals surface area contributed by atoms with Crippen LogP contribution in [0.1, 0.15) is 24.4 Å². The molecule has 4 heteroatoms. The predicted molar refractivity (Wildman–Crippen MR) is 53.9 cm³/mol. The monoisotopic (exact) mass is 206 g/mol. The smallest absolute Gasteiger partial charge is 0.203 e. The largest absolute Gasteiger partial charge is 0.449 e. The van der Waals surface area contributed by atoms with Gasteiger partial charge in [-0.05, 0) is 37.4 Å². The van der Waals surface area contributed by atoms with Gasteiger partial charge in [-0.1, -0.05) is 0 Å². The molecule has 2 N–H and O–H groups in total. The predicted octanol–water partition coefficient (Wildman–Crippen LogP) is 1.01. The molecule has 0 spiro atoms. The Hall–Kier alpha value is -1.31. The van der Waals surface area contributed by atoms with E-state index in [0.29, 0.717) is 18.2 Å². The van der Waals surface area contributed by atoms with Gasteiger partial charge in [0.25, 0.3) is 0 Å². The maximum Gasteiger partial charge on any atom is 0.203 e. The van der Waals surface area contributed by atoms with Gasteiger partial charge in [-0.2, -0.15) is 5.26 Å². The second-order valence-corrected chi connectivity index (χ2v) is 4.00. The van der Waals surface area contributed by atoms with Crippen molar-refractivity contribution < 1.29 is 9.52 Å². The van der Waals surface area contributed by atoms with E-state index in [4.69, 9.17) is 14.8 Å². The lowest BCUT2D eigenvalue weighted by Crippen LogP contribution is -2.35. The molecule has 0 unspecified atom stereocenters. The van der Waals surface area contributed by atoms with Crippen LogP contribution in [0.4, 0.5) is 0 Å². The number of hydrogen-bond acceptors (Lipinski definition) is 4. The van der Waals surface area contributed by atoms with Crippen molar-refractivity contribution >= 4 is 0 Å². The Kier molecular flexibility index (Phi) is 3.05. The summed E-state index contributed by atoms with van der Waals surface area (Å²) in [4.78, 5) is 0. The molecule has 1 aromatic rings. The third kappa shape index (κ3) is 2.58. The van der Waals surface area contributed by atoms with Gasteiger partial charge < -0.3 is 14.8 Å². The topological polar surface area (TPSA) is 69.2 Å². The van der Waals surface area contributed by atoms with E-state index in [1.807, 2.05) is 6.07 Å². The van der Waals surface area contributed by atoms with Crippen LogP contribution in [-0.2, 0) is 6.54 Å². The lowest BCUT2D eigenvalue weighted by Gasteiger charge is -2.31. The first-order valence-electron chi connectivity index (χ1n) is 5.15. The molecule has 1 fully saturated rings. The number of aliphatic hydroxyl groups is 1. The Balaban J connectivity index is 1.68. The minimum Gasteiger partial charge on any atom is -0.449 e. The van der Waals surface area contributed by atoms with Crippen LogP contribution in [0.5, 0.6) is 0 Å². The minimum atomic E-state index is -0.0920. The summed E-state index contributed by atoms with van der Waals surface area (Å²) < 4.78 is 5.21. The fraction of sp³-hybridized carbons (Fsp3) is 0.545. The van der Waals surface area contributed by atoms with E-state index in [1.165, 1.54) is 0 Å². The molecule has 2 rings (SSSR count). The molecular formula is C11H14N2O2. The van der Waals surface area contributed by atoms with E-state index >= 15 is 0 Å². The highest BCUT2D eigenvalue weighted by Crippen LogP contribution is 2.26. The summed E-state index contributed by atoms with van der Waals surface area (Å²) in [5, 5.41) is 20.9. The van der Waals surface area contributed by atoms with Gasteiger partial charge in [0.05, 0.1) is 12.6 Å². The van der Waals surface area contributed by atoms with E-state index < -0.39 is 0 Å². The molecule has 1 aliphatic carbocycles. The number of rotatable bonds is 4. The first kappa shape index (κ1) is 10.2. The standard InChI is InChI=1S/C11H14N2O2/c12-5-10-1-2-11(15-10)7-13-6-8-3-9(14)4-8/h1-2,8-9,13-14H,3-4,6-7H2. The van der Waals surface area contributed by atoms with Gasteiger partial charge in [0.2, 0.25) is 5.76 Å². The zero-order valence-corrected chi connectivity index (χ0v) is 8.44. The highest BCUT2D eigenvalue weighted by atomic mass is 16.3. The molecule has 0 aromatic carbocycles. The number of furan rings is 1. The molecule has 1 heterocycles. The Morgan fingerprint density at radius 3 is 2.93 bits per heavy atom. The van der Waals surface area contributed by atoms with E-state index in [9.17, 15) is 0 Å². The van der Waals surface area contributed by atoms with Crippen LogP contribution in [0.15, 0.2) is 16.5 Å². The van der Waals surface area contributed by atoms with Gasteiger partial charge in [-0.3, -0.25) is 0 Å². The van der Waals surface area contributed by atoms with Crippen molar-refractivity contribution in [1.82, 2.24) is 5.32 Å². The van der Waals surface area contributed by atoms with Crippen molar-refractivity contribution in [2.75, 3.05) is 6.54 Å². The molecule has 0 saturated heterocycles. The fourth-order valence-corrected chi connectivity index (χ4v) is 1.80. The van der Waals surface area contributed by atoms with Gasteiger partial charge in [0, 0.05) is 0 Å². The van der Waals surface area contributed by atoms with Crippen molar-refractivity contribution in [3.05, 3.63) is 23.7 Å². The Morgan fingerprint density at radius 1 is 1.53 bits per heavy atom. The highest BCUT2D eigenvalue weighted by molar-refractivity contribution is 5.18. The van der Waals surface area contributed by atoms with Crippen molar-refractivity contribution in [1.29, 1.82) is 5.26 Å². The second kappa shape index (κ2) is 4.47. The van der Waals surface area contributed by atoms with Crippen LogP contribution in [-0.4, -0.2) is 17.8 Å². The summed E-state index contributed by atoms with van der Waals surface area (Å²) in [6.07, 6.45) is 1.70. The summed E-state index contributed by atoms with van der Waals surface area (Å²) >= 11 is 0. The van der Waals surface area contributed by atoms with Crippen molar-refractivity contribution in [3.63, 3.8) is 0 Å². The summed E-state index contributed by atoms with van der Waals surface area (Å²) in [7, 11) is 0. The lowest BCUT2D eigenvalue weighted by molar-refractivity contribution is 0.0428. The third-order valence-electron chi connectivity index (χ3n) is 2.71. The molecule has 0 aliphatic heterocycles. The molecule has 4 nitrogen and oxygen atoms in total. The minimum absolute atomic E-state index is 0.0920. The fourth-order valence-electron chi connectivity index (χ4n) is 1.80. The Bertz CT molecular complexity index is 361. The van der Waals surface area contributed by atoms with Gasteiger partial charge in [0.1, 0.15) is 11.8 Å². The average molecular weight is 206 g/mol. The quantitative estimate of drug-likeness (QED) is 0.771. The highest BCUT2D eigenvalue weighted by Gasteiger charge is 2.26. The van der Waals surface area contributed by atoms with Crippen LogP contribution in [0.2, 0.25) is 0 Å². The van der Waals surface area contributed by atoms with Crippen LogP contribution in [0.3, 0.4) is 0 Å². The average Bonchev–Trinajstić information content (AvgIpc) is 2.63. The van der Waals surface area contributed by atoms with Crippen LogP contribution >= 0.6 is 0 Å². The van der Waals surface area contributed by atoms with E-state index in [2.05, 4.69) is 5.32 Å². The first-order valence-corrected chi connectivity index (χ1v) is 5.15. The molecule has 1 saturated carbocycles. The summed E-state index contributed by atoms with van der Waals surface area (Å²) in [6, 6.07) is 5.42. The molecular weight excluding hydrogens is 192 g/mol. The third-order valence-corrected chi connectivity index (χ3v) is 2.71. The maximum atomic E-state index is 9.09. The number of nitriles is 1. The van der Waals surface area contributed by atoms with Gasteiger partial charge in [-0.25, -0.2) is 0 Å². The number of nitrogens with one attached hydrogen (secondary N) is 1. The zero-order valence-electron chi connectivity index (χ0n) is 8.44. The van der Waals surface area contributed by atoms with Crippen molar-refractivity contribution in [2.24, 2.45) is 5.92 Å². The molecule has 80 valence electrons. The molecule has 0 atom stereocenters. The van der Waals surface area contributed by atoms with Crippen molar-refractivity contribution in [2.45, 2.75) is 25.5 Å². The van der Waals surface area contributed by atoms with Gasteiger partial charge in [-0.15, -0.1) is 0 Å². The Labute approximate surface area is 88.5 Å². The molecule has 15 heavy (non-hydrogen) atoms. The molecule has 0 amide bonds. The summed E-state index contributed by atoms with van der Waals surface area (Å²) in [5.74, 6) is 1.72.